The minimum Gasteiger partial charge on any atom is -0.399 e. The maximum atomic E-state index is 11.5. The monoisotopic (exact) mass is 248 g/mol. The van der Waals surface area contributed by atoms with Crippen LogP contribution in [0, 0.1) is 5.92 Å². The fourth-order valence-electron chi connectivity index (χ4n) is 1.42. The zero-order valence-electron chi connectivity index (χ0n) is 10.9. The van der Waals surface area contributed by atoms with Crippen molar-refractivity contribution in [2.75, 3.05) is 12.3 Å². The number of hydrogen-bond acceptors (Lipinski definition) is 3. The molecule has 0 aliphatic rings. The van der Waals surface area contributed by atoms with Crippen LogP contribution < -0.4 is 11.1 Å². The summed E-state index contributed by atoms with van der Waals surface area (Å²) in [5.74, 6) is -0.0842. The number of anilines is 1. The largest absolute Gasteiger partial charge is 0.399 e. The van der Waals surface area contributed by atoms with Crippen LogP contribution in [0.3, 0.4) is 0 Å². The van der Waals surface area contributed by atoms with Crippen LogP contribution in [0.5, 0.6) is 0 Å². The molecule has 18 heavy (non-hydrogen) atoms. The number of carbonyl (C=O) groups excluding carboxylic acids is 2. The molecule has 4 heteroatoms. The molecular formula is C14H20N2O2. The first-order chi connectivity index (χ1) is 8.49. The topological polar surface area (TPSA) is 72.2 Å². The lowest BCUT2D eigenvalue weighted by Gasteiger charge is -2.06. The second-order valence-corrected chi connectivity index (χ2v) is 4.64. The third-order valence-electron chi connectivity index (χ3n) is 2.72. The predicted molar refractivity (Wildman–Crippen MR) is 72.0 cm³/mol. The highest BCUT2D eigenvalue weighted by atomic mass is 16.2. The van der Waals surface area contributed by atoms with Gasteiger partial charge in [0, 0.05) is 18.0 Å². The molecule has 0 aliphatic carbocycles. The summed E-state index contributed by atoms with van der Waals surface area (Å²) in [6.07, 6.45) is 1.04. The van der Waals surface area contributed by atoms with Crippen LogP contribution in [0.4, 0.5) is 5.69 Å². The van der Waals surface area contributed by atoms with Gasteiger partial charge in [-0.1, -0.05) is 26.0 Å². The molecule has 0 radical (unpaired) electrons. The van der Waals surface area contributed by atoms with E-state index in [9.17, 15) is 9.59 Å². The number of benzene rings is 1. The molecule has 98 valence electrons. The maximum Gasteiger partial charge on any atom is 0.220 e. The van der Waals surface area contributed by atoms with Crippen molar-refractivity contribution in [2.24, 2.45) is 5.92 Å². The summed E-state index contributed by atoms with van der Waals surface area (Å²) >= 11 is 0. The van der Waals surface area contributed by atoms with Crippen molar-refractivity contribution < 1.29 is 9.59 Å². The van der Waals surface area contributed by atoms with Gasteiger partial charge >= 0.3 is 0 Å². The van der Waals surface area contributed by atoms with Gasteiger partial charge < -0.3 is 11.1 Å². The molecule has 1 aromatic carbocycles. The Balaban J connectivity index is 2.29. The number of nitrogen functional groups attached to an aromatic ring is 1. The first-order valence-corrected chi connectivity index (χ1v) is 6.13. The van der Waals surface area contributed by atoms with E-state index in [-0.39, 0.29) is 24.2 Å². The Morgan fingerprint density at radius 1 is 1.22 bits per heavy atom. The van der Waals surface area contributed by atoms with E-state index in [4.69, 9.17) is 5.73 Å². The van der Waals surface area contributed by atoms with Gasteiger partial charge in [0.05, 0.1) is 6.54 Å². The van der Waals surface area contributed by atoms with Gasteiger partial charge in [-0.3, -0.25) is 9.59 Å². The van der Waals surface area contributed by atoms with E-state index in [0.717, 1.165) is 5.56 Å². The molecule has 0 heterocycles. The number of aryl methyl sites for hydroxylation is 1. The van der Waals surface area contributed by atoms with E-state index in [1.54, 1.807) is 0 Å². The van der Waals surface area contributed by atoms with Crippen LogP contribution in [0.1, 0.15) is 25.8 Å². The Labute approximate surface area is 108 Å². The Hall–Kier alpha value is -1.84. The number of rotatable bonds is 6. The first-order valence-electron chi connectivity index (χ1n) is 6.13. The van der Waals surface area contributed by atoms with Crippen molar-refractivity contribution in [2.45, 2.75) is 26.7 Å². The number of hydrogen-bond donors (Lipinski definition) is 2. The molecule has 4 nitrogen and oxygen atoms in total. The van der Waals surface area contributed by atoms with E-state index in [2.05, 4.69) is 5.32 Å². The lowest BCUT2D eigenvalue weighted by molar-refractivity contribution is -0.126. The summed E-state index contributed by atoms with van der Waals surface area (Å²) in [5.41, 5.74) is 7.35. The molecule has 0 unspecified atom stereocenters. The fourth-order valence-corrected chi connectivity index (χ4v) is 1.42. The fraction of sp³-hybridized carbons (Fsp3) is 0.429. The van der Waals surface area contributed by atoms with Gasteiger partial charge in [0.25, 0.3) is 0 Å². The highest BCUT2D eigenvalue weighted by molar-refractivity contribution is 5.87. The third kappa shape index (κ3) is 4.99. The first kappa shape index (κ1) is 14.2. The molecule has 0 aliphatic heterocycles. The molecule has 0 fully saturated rings. The number of ketones is 1. The normalized spacial score (nSPS) is 10.4. The lowest BCUT2D eigenvalue weighted by Crippen LogP contribution is -2.31. The molecule has 3 N–H and O–H groups in total. The van der Waals surface area contributed by atoms with E-state index in [0.29, 0.717) is 18.5 Å². The van der Waals surface area contributed by atoms with Crippen LogP contribution in [-0.4, -0.2) is 18.2 Å². The summed E-state index contributed by atoms with van der Waals surface area (Å²) in [7, 11) is 0. The van der Waals surface area contributed by atoms with Gasteiger partial charge in [-0.2, -0.15) is 0 Å². The van der Waals surface area contributed by atoms with Gasteiger partial charge in [0.2, 0.25) is 5.91 Å². The Kier molecular flexibility index (Phi) is 5.36. The smallest absolute Gasteiger partial charge is 0.220 e. The zero-order valence-corrected chi connectivity index (χ0v) is 10.9. The number of amides is 1. The number of nitrogens with two attached hydrogens (primary N) is 1. The molecule has 1 rings (SSSR count). The van der Waals surface area contributed by atoms with Gasteiger partial charge in [-0.05, 0) is 24.1 Å². The van der Waals surface area contributed by atoms with Crippen molar-refractivity contribution in [1.29, 1.82) is 0 Å². The highest BCUT2D eigenvalue weighted by Crippen LogP contribution is 2.07. The van der Waals surface area contributed by atoms with E-state index < -0.39 is 0 Å². The van der Waals surface area contributed by atoms with Crippen molar-refractivity contribution in [1.82, 2.24) is 5.32 Å². The van der Waals surface area contributed by atoms with Crippen LogP contribution >= 0.6 is 0 Å². The predicted octanol–water partition coefficient (Wildman–Crippen LogP) is 1.54. The average molecular weight is 248 g/mol. The molecule has 1 amide bonds. The number of Topliss-reactive ketones (excluding diaryl/α,β-unsaturated/α-hetero) is 1. The quantitative estimate of drug-likeness (QED) is 0.750. The van der Waals surface area contributed by atoms with Crippen LogP contribution in [0.2, 0.25) is 0 Å². The summed E-state index contributed by atoms with van der Waals surface area (Å²) in [5, 5.41) is 2.63. The molecule has 1 aromatic rings. The third-order valence-corrected chi connectivity index (χ3v) is 2.72. The summed E-state index contributed by atoms with van der Waals surface area (Å²) in [4.78, 5) is 22.9. The number of nitrogens with one attached hydrogen (secondary N) is 1. The standard InChI is InChI=1S/C14H20N2O2/c1-10(2)13(17)9-16-14(18)8-5-11-3-6-12(15)7-4-11/h3-4,6-7,10H,5,8-9,15H2,1-2H3,(H,16,18). The van der Waals surface area contributed by atoms with E-state index in [1.807, 2.05) is 38.1 Å². The Morgan fingerprint density at radius 3 is 2.39 bits per heavy atom. The van der Waals surface area contributed by atoms with Crippen molar-refractivity contribution in [3.8, 4) is 0 Å². The minimum absolute atomic E-state index is 0.0394. The Bertz CT molecular complexity index is 410. The van der Waals surface area contributed by atoms with E-state index in [1.165, 1.54) is 0 Å². The maximum absolute atomic E-state index is 11.5. The average Bonchev–Trinajstić information content (AvgIpc) is 2.35. The summed E-state index contributed by atoms with van der Waals surface area (Å²) in [6, 6.07) is 7.44. The van der Waals surface area contributed by atoms with E-state index >= 15 is 0 Å². The Morgan fingerprint density at radius 2 is 1.83 bits per heavy atom. The van der Waals surface area contributed by atoms with Crippen molar-refractivity contribution in [3.63, 3.8) is 0 Å². The van der Waals surface area contributed by atoms with Crippen LogP contribution in [0.15, 0.2) is 24.3 Å². The van der Waals surface area contributed by atoms with Crippen molar-refractivity contribution in [3.05, 3.63) is 29.8 Å². The molecule has 0 bridgehead atoms. The van der Waals surface area contributed by atoms with Gasteiger partial charge in [-0.15, -0.1) is 0 Å². The summed E-state index contributed by atoms with van der Waals surface area (Å²) in [6.45, 7) is 3.77. The van der Waals surface area contributed by atoms with Crippen LogP contribution in [0.25, 0.3) is 0 Å². The number of carbonyl (C=O) groups is 2. The second kappa shape index (κ2) is 6.79. The molecule has 0 spiro atoms. The minimum atomic E-state index is -0.0965. The van der Waals surface area contributed by atoms with Gasteiger partial charge in [-0.25, -0.2) is 0 Å². The van der Waals surface area contributed by atoms with Gasteiger partial charge in [0.15, 0.2) is 5.78 Å². The van der Waals surface area contributed by atoms with Crippen LogP contribution in [-0.2, 0) is 16.0 Å². The molecular weight excluding hydrogens is 228 g/mol. The SMILES string of the molecule is CC(C)C(=O)CNC(=O)CCc1ccc(N)cc1. The second-order valence-electron chi connectivity index (χ2n) is 4.64. The molecule has 0 saturated heterocycles. The lowest BCUT2D eigenvalue weighted by atomic mass is 10.1. The molecule has 0 saturated carbocycles. The summed E-state index contributed by atoms with van der Waals surface area (Å²) < 4.78 is 0. The molecule has 0 aromatic heterocycles. The zero-order chi connectivity index (χ0) is 13.5. The molecule has 0 atom stereocenters. The van der Waals surface area contributed by atoms with Gasteiger partial charge in [0.1, 0.15) is 0 Å². The highest BCUT2D eigenvalue weighted by Gasteiger charge is 2.09. The van der Waals surface area contributed by atoms with Crippen molar-refractivity contribution >= 4 is 17.4 Å².